The van der Waals surface area contributed by atoms with Crippen LogP contribution in [0.2, 0.25) is 0 Å². The molecule has 24 heavy (non-hydrogen) atoms. The summed E-state index contributed by atoms with van der Waals surface area (Å²) in [5, 5.41) is 8.27. The van der Waals surface area contributed by atoms with Gasteiger partial charge in [0.05, 0.1) is 25.0 Å². The normalized spacial score (nSPS) is 10.7. The molecule has 0 radical (unpaired) electrons. The number of hydrogen-bond acceptors (Lipinski definition) is 5. The average Bonchev–Trinajstić information content (AvgIpc) is 3.13. The predicted octanol–water partition coefficient (Wildman–Crippen LogP) is 1.21. The van der Waals surface area contributed by atoms with Crippen LogP contribution in [0.15, 0.2) is 60.0 Å². The molecule has 0 N–H and O–H groups in total. The first-order chi connectivity index (χ1) is 11.7. The first kappa shape index (κ1) is 15.9. The molecule has 7 nitrogen and oxygen atoms in total. The molecule has 3 aromatic rings. The Hall–Kier alpha value is -2.96. The molecule has 3 rings (SSSR count). The van der Waals surface area contributed by atoms with E-state index in [-0.39, 0.29) is 5.56 Å². The van der Waals surface area contributed by atoms with Gasteiger partial charge in [0.2, 0.25) is 0 Å². The molecule has 2 aromatic heterocycles. The first-order valence-corrected chi connectivity index (χ1v) is 7.87. The minimum atomic E-state index is -0.112. The highest BCUT2D eigenvalue weighted by molar-refractivity contribution is 5.42. The summed E-state index contributed by atoms with van der Waals surface area (Å²) in [7, 11) is 1.97. The van der Waals surface area contributed by atoms with E-state index in [1.165, 1.54) is 16.6 Å². The summed E-state index contributed by atoms with van der Waals surface area (Å²) in [5.74, 6) is 0. The molecule has 2 heterocycles. The van der Waals surface area contributed by atoms with Gasteiger partial charge in [-0.05, 0) is 12.0 Å². The Labute approximate surface area is 140 Å². The molecule has 0 fully saturated rings. The Balaban J connectivity index is 1.60. The van der Waals surface area contributed by atoms with Crippen LogP contribution < -0.4 is 10.5 Å². The van der Waals surface area contributed by atoms with E-state index in [1.807, 2.05) is 30.1 Å². The van der Waals surface area contributed by atoms with Crippen LogP contribution in [0.5, 0.6) is 0 Å². The Morgan fingerprint density at radius 1 is 1.12 bits per heavy atom. The van der Waals surface area contributed by atoms with Crippen molar-refractivity contribution in [1.82, 2.24) is 24.5 Å². The van der Waals surface area contributed by atoms with Crippen LogP contribution in [0.3, 0.4) is 0 Å². The van der Waals surface area contributed by atoms with Crippen molar-refractivity contribution in [3.05, 3.63) is 71.2 Å². The van der Waals surface area contributed by atoms with E-state index in [0.717, 1.165) is 18.7 Å². The van der Waals surface area contributed by atoms with Crippen molar-refractivity contribution < 1.29 is 0 Å². The molecule has 0 aliphatic heterocycles. The fourth-order valence-corrected chi connectivity index (χ4v) is 2.42. The number of aryl methyl sites for hydroxylation is 2. The second-order valence-corrected chi connectivity index (χ2v) is 5.59. The molecule has 0 bridgehead atoms. The third-order valence-corrected chi connectivity index (χ3v) is 3.88. The van der Waals surface area contributed by atoms with Gasteiger partial charge in [-0.15, -0.1) is 0 Å². The van der Waals surface area contributed by atoms with Gasteiger partial charge in [-0.3, -0.25) is 9.48 Å². The molecule has 7 heteroatoms. The number of hydrogen-bond donors (Lipinski definition) is 0. The Kier molecular flexibility index (Phi) is 5.00. The second-order valence-electron chi connectivity index (χ2n) is 5.59. The molecule has 0 aliphatic carbocycles. The molecular formula is C17H20N6O. The van der Waals surface area contributed by atoms with E-state index in [1.54, 1.807) is 23.3 Å². The Morgan fingerprint density at radius 3 is 2.67 bits per heavy atom. The van der Waals surface area contributed by atoms with E-state index >= 15 is 0 Å². The van der Waals surface area contributed by atoms with E-state index in [0.29, 0.717) is 13.1 Å². The van der Waals surface area contributed by atoms with Gasteiger partial charge >= 0.3 is 0 Å². The van der Waals surface area contributed by atoms with Crippen LogP contribution in [0.1, 0.15) is 5.56 Å². The number of rotatable bonds is 7. The number of nitrogens with zero attached hydrogens (tertiary/aromatic N) is 6. The maximum Gasteiger partial charge on any atom is 0.268 e. The number of anilines is 1. The number of likely N-dealkylation sites (N-methyl/N-ethyl adjacent to an activating group) is 1. The monoisotopic (exact) mass is 324 g/mol. The lowest BCUT2D eigenvalue weighted by molar-refractivity contribution is 0.481. The third kappa shape index (κ3) is 4.07. The quantitative estimate of drug-likeness (QED) is 0.653. The molecule has 0 saturated carbocycles. The maximum absolute atomic E-state index is 12.2. The molecule has 0 atom stereocenters. The summed E-state index contributed by atoms with van der Waals surface area (Å²) >= 11 is 0. The first-order valence-electron chi connectivity index (χ1n) is 7.87. The van der Waals surface area contributed by atoms with Crippen molar-refractivity contribution in [2.24, 2.45) is 0 Å². The molecule has 0 saturated heterocycles. The summed E-state index contributed by atoms with van der Waals surface area (Å²) in [6.45, 7) is 1.86. The van der Waals surface area contributed by atoms with Crippen molar-refractivity contribution in [2.45, 2.75) is 19.5 Å². The zero-order valence-electron chi connectivity index (χ0n) is 13.6. The van der Waals surface area contributed by atoms with Crippen LogP contribution in [0.25, 0.3) is 0 Å². The lowest BCUT2D eigenvalue weighted by Gasteiger charge is -2.19. The van der Waals surface area contributed by atoms with Gasteiger partial charge < -0.3 is 4.90 Å². The molecular weight excluding hydrogens is 304 g/mol. The largest absolute Gasteiger partial charge is 0.373 e. The SMILES string of the molecule is CN(CCc1ccccc1)c1cnn(CCn2cncn2)c(=O)c1. The van der Waals surface area contributed by atoms with Gasteiger partial charge in [-0.25, -0.2) is 9.67 Å². The lowest BCUT2D eigenvalue weighted by Crippen LogP contribution is -2.28. The fourth-order valence-electron chi connectivity index (χ4n) is 2.42. The van der Waals surface area contributed by atoms with E-state index in [9.17, 15) is 4.79 Å². The van der Waals surface area contributed by atoms with Gasteiger partial charge in [0.15, 0.2) is 0 Å². The fraction of sp³-hybridized carbons (Fsp3) is 0.294. The van der Waals surface area contributed by atoms with Gasteiger partial charge in [-0.1, -0.05) is 30.3 Å². The van der Waals surface area contributed by atoms with Crippen LogP contribution >= 0.6 is 0 Å². The van der Waals surface area contributed by atoms with Crippen molar-refractivity contribution in [3.63, 3.8) is 0 Å². The maximum atomic E-state index is 12.2. The average molecular weight is 324 g/mol. The standard InChI is InChI=1S/C17H20N6O/c1-21(8-7-15-5-3-2-4-6-15)16-11-17(24)23(19-12-16)10-9-22-14-18-13-20-22/h2-6,11-14H,7-10H2,1H3. The summed E-state index contributed by atoms with van der Waals surface area (Å²) in [6, 6.07) is 11.9. The van der Waals surface area contributed by atoms with E-state index < -0.39 is 0 Å². The van der Waals surface area contributed by atoms with Crippen molar-refractivity contribution in [2.75, 3.05) is 18.5 Å². The topological polar surface area (TPSA) is 68.8 Å². The summed E-state index contributed by atoms with van der Waals surface area (Å²) in [6.07, 6.45) is 5.75. The van der Waals surface area contributed by atoms with Gasteiger partial charge in [-0.2, -0.15) is 10.2 Å². The highest BCUT2D eigenvalue weighted by Crippen LogP contribution is 2.09. The van der Waals surface area contributed by atoms with Gasteiger partial charge in [0, 0.05) is 19.7 Å². The molecule has 124 valence electrons. The summed E-state index contributed by atoms with van der Waals surface area (Å²) in [4.78, 5) is 18.1. The summed E-state index contributed by atoms with van der Waals surface area (Å²) in [5.41, 5.74) is 1.99. The van der Waals surface area contributed by atoms with Gasteiger partial charge in [0.1, 0.15) is 12.7 Å². The molecule has 0 spiro atoms. The minimum Gasteiger partial charge on any atom is -0.373 e. The van der Waals surface area contributed by atoms with E-state index in [4.69, 9.17) is 0 Å². The number of aromatic nitrogens is 5. The van der Waals surface area contributed by atoms with Crippen LogP contribution in [0.4, 0.5) is 5.69 Å². The highest BCUT2D eigenvalue weighted by Gasteiger charge is 2.05. The third-order valence-electron chi connectivity index (χ3n) is 3.88. The smallest absolute Gasteiger partial charge is 0.268 e. The lowest BCUT2D eigenvalue weighted by atomic mass is 10.1. The second kappa shape index (κ2) is 7.54. The molecule has 0 aliphatic rings. The molecule has 1 aromatic carbocycles. The zero-order valence-corrected chi connectivity index (χ0v) is 13.6. The van der Waals surface area contributed by atoms with Crippen molar-refractivity contribution in [1.29, 1.82) is 0 Å². The molecule has 0 unspecified atom stereocenters. The van der Waals surface area contributed by atoms with Crippen LogP contribution in [0, 0.1) is 0 Å². The van der Waals surface area contributed by atoms with Gasteiger partial charge in [0.25, 0.3) is 5.56 Å². The van der Waals surface area contributed by atoms with E-state index in [2.05, 4.69) is 27.3 Å². The van der Waals surface area contributed by atoms with Crippen molar-refractivity contribution >= 4 is 5.69 Å². The summed E-state index contributed by atoms with van der Waals surface area (Å²) < 4.78 is 3.12. The number of benzene rings is 1. The Bertz CT molecular complexity index is 813. The highest BCUT2D eigenvalue weighted by atomic mass is 16.1. The van der Waals surface area contributed by atoms with Crippen LogP contribution in [-0.2, 0) is 19.5 Å². The zero-order chi connectivity index (χ0) is 16.8. The molecule has 0 amide bonds. The Morgan fingerprint density at radius 2 is 1.96 bits per heavy atom. The van der Waals surface area contributed by atoms with Crippen LogP contribution in [-0.4, -0.2) is 38.1 Å². The van der Waals surface area contributed by atoms with Crippen molar-refractivity contribution in [3.8, 4) is 0 Å². The minimum absolute atomic E-state index is 0.112. The predicted molar refractivity (Wildman–Crippen MR) is 91.9 cm³/mol.